The third-order valence-electron chi connectivity index (χ3n) is 3.56. The molecular formula is C15H19F3N2O3. The van der Waals surface area contributed by atoms with Gasteiger partial charge in [-0.25, -0.2) is 10.4 Å². The molecule has 1 aromatic rings. The maximum atomic E-state index is 12.6. The number of esters is 1. The first-order valence-corrected chi connectivity index (χ1v) is 7.23. The summed E-state index contributed by atoms with van der Waals surface area (Å²) in [6.07, 6.45) is -4.13. The summed E-state index contributed by atoms with van der Waals surface area (Å²) in [4.78, 5) is 11.9. The molecule has 0 radical (unpaired) electrons. The first-order valence-electron chi connectivity index (χ1n) is 7.23. The Balaban J connectivity index is 2.03. The maximum absolute atomic E-state index is 12.6. The van der Waals surface area contributed by atoms with Gasteiger partial charge in [0, 0.05) is 13.1 Å². The van der Waals surface area contributed by atoms with Crippen LogP contribution in [0.5, 0.6) is 0 Å². The number of halogens is 3. The lowest BCUT2D eigenvalue weighted by Gasteiger charge is -2.30. The minimum atomic E-state index is -4.37. The summed E-state index contributed by atoms with van der Waals surface area (Å²) in [6, 6.07) is 4.12. The molecule has 128 valence electrons. The molecule has 0 amide bonds. The van der Waals surface area contributed by atoms with Gasteiger partial charge in [0.05, 0.1) is 25.9 Å². The summed E-state index contributed by atoms with van der Waals surface area (Å²) in [5.41, 5.74) is 2.97. The van der Waals surface area contributed by atoms with Crippen LogP contribution in [-0.2, 0) is 26.9 Å². The van der Waals surface area contributed by atoms with Crippen LogP contribution in [0.25, 0.3) is 0 Å². The number of benzene rings is 1. The van der Waals surface area contributed by atoms with Gasteiger partial charge in [-0.05, 0) is 24.1 Å². The van der Waals surface area contributed by atoms with Gasteiger partial charge < -0.3 is 9.47 Å². The molecule has 5 nitrogen and oxygen atoms in total. The highest BCUT2D eigenvalue weighted by atomic mass is 19.4. The van der Waals surface area contributed by atoms with Crippen LogP contribution >= 0.6 is 0 Å². The molecule has 0 aromatic heterocycles. The summed E-state index contributed by atoms with van der Waals surface area (Å²) in [5, 5.41) is 1.86. The Morgan fingerprint density at radius 1 is 1.30 bits per heavy atom. The fourth-order valence-corrected chi connectivity index (χ4v) is 2.30. The van der Waals surface area contributed by atoms with Crippen LogP contribution in [-0.4, -0.2) is 50.4 Å². The van der Waals surface area contributed by atoms with E-state index in [0.29, 0.717) is 31.9 Å². The van der Waals surface area contributed by atoms with E-state index in [0.717, 1.165) is 12.1 Å². The molecule has 23 heavy (non-hydrogen) atoms. The van der Waals surface area contributed by atoms with Crippen molar-refractivity contribution in [2.45, 2.75) is 18.6 Å². The van der Waals surface area contributed by atoms with E-state index in [-0.39, 0.29) is 6.42 Å². The van der Waals surface area contributed by atoms with Crippen LogP contribution in [0.2, 0.25) is 0 Å². The van der Waals surface area contributed by atoms with Crippen LogP contribution in [0, 0.1) is 0 Å². The number of morpholine rings is 1. The third-order valence-corrected chi connectivity index (χ3v) is 3.56. The standard InChI is InChI=1S/C15H19F3N2O3/c1-22-14(21)13(19-20-6-8-23-9-7-20)10-11-2-4-12(5-3-11)15(16,17)18/h2-5,13,19H,6-10H2,1H3/t13-/m0/s1. The Labute approximate surface area is 132 Å². The van der Waals surface area contributed by atoms with Crippen LogP contribution < -0.4 is 5.43 Å². The summed E-state index contributed by atoms with van der Waals surface area (Å²) in [7, 11) is 1.28. The van der Waals surface area contributed by atoms with E-state index < -0.39 is 23.8 Å². The molecule has 1 aliphatic rings. The number of methoxy groups -OCH3 is 1. The summed E-state index contributed by atoms with van der Waals surface area (Å²) < 4.78 is 47.7. The fourth-order valence-electron chi connectivity index (χ4n) is 2.30. The molecule has 1 atom stereocenters. The van der Waals surface area contributed by atoms with Gasteiger partial charge in [0.1, 0.15) is 6.04 Å². The molecule has 1 fully saturated rings. The summed E-state index contributed by atoms with van der Waals surface area (Å²) in [5.74, 6) is -0.462. The number of ether oxygens (including phenoxy) is 2. The van der Waals surface area contributed by atoms with Crippen molar-refractivity contribution in [1.29, 1.82) is 0 Å². The third kappa shape index (κ3) is 5.19. The molecule has 1 aliphatic heterocycles. The Hall–Kier alpha value is -1.64. The number of nitrogens with zero attached hydrogens (tertiary/aromatic N) is 1. The minimum absolute atomic E-state index is 0.238. The molecular weight excluding hydrogens is 313 g/mol. The zero-order valence-corrected chi connectivity index (χ0v) is 12.7. The number of nitrogens with one attached hydrogen (secondary N) is 1. The molecule has 0 aliphatic carbocycles. The number of hydrogen-bond acceptors (Lipinski definition) is 5. The first kappa shape index (κ1) is 17.7. The topological polar surface area (TPSA) is 50.8 Å². The average molecular weight is 332 g/mol. The molecule has 0 unspecified atom stereocenters. The lowest BCUT2D eigenvalue weighted by molar-refractivity contribution is -0.145. The van der Waals surface area contributed by atoms with E-state index in [2.05, 4.69) is 5.43 Å². The predicted molar refractivity (Wildman–Crippen MR) is 76.5 cm³/mol. The summed E-state index contributed by atoms with van der Waals surface area (Å²) in [6.45, 7) is 2.36. The molecule has 1 heterocycles. The Morgan fingerprint density at radius 3 is 2.43 bits per heavy atom. The van der Waals surface area contributed by atoms with Crippen LogP contribution in [0.4, 0.5) is 13.2 Å². The number of hydrogen-bond donors (Lipinski definition) is 1. The lowest BCUT2D eigenvalue weighted by atomic mass is 10.0. The van der Waals surface area contributed by atoms with Gasteiger partial charge in [-0.3, -0.25) is 4.79 Å². The first-order chi connectivity index (χ1) is 10.9. The van der Waals surface area contributed by atoms with E-state index in [1.54, 1.807) is 0 Å². The van der Waals surface area contributed by atoms with E-state index in [9.17, 15) is 18.0 Å². The summed E-state index contributed by atoms with van der Waals surface area (Å²) >= 11 is 0. The monoisotopic (exact) mass is 332 g/mol. The molecule has 0 saturated carbocycles. The highest BCUT2D eigenvalue weighted by Gasteiger charge is 2.30. The normalized spacial score (nSPS) is 17.7. The Morgan fingerprint density at radius 2 is 1.91 bits per heavy atom. The number of alkyl halides is 3. The second-order valence-electron chi connectivity index (χ2n) is 5.20. The number of carbonyl (C=O) groups excluding carboxylic acids is 1. The quantitative estimate of drug-likeness (QED) is 0.831. The second-order valence-corrected chi connectivity index (χ2v) is 5.20. The van der Waals surface area contributed by atoms with Gasteiger partial charge in [0.15, 0.2) is 0 Å². The van der Waals surface area contributed by atoms with Crippen molar-refractivity contribution >= 4 is 5.97 Å². The van der Waals surface area contributed by atoms with Crippen LogP contribution in [0.15, 0.2) is 24.3 Å². The van der Waals surface area contributed by atoms with Crippen LogP contribution in [0.3, 0.4) is 0 Å². The van der Waals surface area contributed by atoms with Crippen molar-refractivity contribution in [2.75, 3.05) is 33.4 Å². The van der Waals surface area contributed by atoms with Crippen molar-refractivity contribution in [3.8, 4) is 0 Å². The average Bonchev–Trinajstić information content (AvgIpc) is 2.54. The van der Waals surface area contributed by atoms with Gasteiger partial charge >= 0.3 is 12.1 Å². The highest BCUT2D eigenvalue weighted by molar-refractivity contribution is 5.76. The van der Waals surface area contributed by atoms with Crippen molar-refractivity contribution in [2.24, 2.45) is 0 Å². The number of hydrazine groups is 1. The van der Waals surface area contributed by atoms with Crippen molar-refractivity contribution in [3.63, 3.8) is 0 Å². The molecule has 1 aromatic carbocycles. The van der Waals surface area contributed by atoms with Crippen LogP contribution in [0.1, 0.15) is 11.1 Å². The van der Waals surface area contributed by atoms with Gasteiger partial charge in [-0.15, -0.1) is 0 Å². The van der Waals surface area contributed by atoms with Crippen molar-refractivity contribution in [3.05, 3.63) is 35.4 Å². The van der Waals surface area contributed by atoms with Crippen molar-refractivity contribution in [1.82, 2.24) is 10.4 Å². The van der Waals surface area contributed by atoms with Gasteiger partial charge in [0.2, 0.25) is 0 Å². The van der Waals surface area contributed by atoms with E-state index >= 15 is 0 Å². The second kappa shape index (κ2) is 7.76. The fraction of sp³-hybridized carbons (Fsp3) is 0.533. The minimum Gasteiger partial charge on any atom is -0.468 e. The van der Waals surface area contributed by atoms with E-state index in [4.69, 9.17) is 9.47 Å². The zero-order valence-electron chi connectivity index (χ0n) is 12.7. The molecule has 0 spiro atoms. The van der Waals surface area contributed by atoms with Crippen molar-refractivity contribution < 1.29 is 27.4 Å². The Bertz CT molecular complexity index is 514. The highest BCUT2D eigenvalue weighted by Crippen LogP contribution is 2.29. The molecule has 1 N–H and O–H groups in total. The zero-order chi connectivity index (χ0) is 16.9. The number of carbonyl (C=O) groups is 1. The van der Waals surface area contributed by atoms with E-state index in [1.807, 2.05) is 5.01 Å². The molecule has 0 bridgehead atoms. The smallest absolute Gasteiger partial charge is 0.416 e. The largest absolute Gasteiger partial charge is 0.468 e. The predicted octanol–water partition coefficient (Wildman–Crippen LogP) is 1.63. The molecule has 1 saturated heterocycles. The van der Waals surface area contributed by atoms with E-state index in [1.165, 1.54) is 19.2 Å². The molecule has 2 rings (SSSR count). The SMILES string of the molecule is COC(=O)[C@H](Cc1ccc(C(F)(F)F)cc1)NN1CCOCC1. The maximum Gasteiger partial charge on any atom is 0.416 e. The van der Waals surface area contributed by atoms with Gasteiger partial charge in [0.25, 0.3) is 0 Å². The lowest BCUT2D eigenvalue weighted by Crippen LogP contribution is -2.53. The molecule has 8 heteroatoms. The van der Waals surface area contributed by atoms with Gasteiger partial charge in [-0.2, -0.15) is 13.2 Å². The van der Waals surface area contributed by atoms with Gasteiger partial charge in [-0.1, -0.05) is 12.1 Å². The Kier molecular flexibility index (Phi) is 5.97. The number of rotatable bonds is 5.